The minimum Gasteiger partial charge on any atom is -0.341 e. The molecule has 0 saturated carbocycles. The van der Waals surface area contributed by atoms with E-state index in [1.807, 2.05) is 24.3 Å². The van der Waals surface area contributed by atoms with E-state index in [2.05, 4.69) is 81.2 Å². The SMILES string of the molecule is C#C.CCCNCc1nc2ccc(C#Cc3ccc4nc(CNCCC)[nH]c4c3)cc2[nH]1. The number of nitrogens with one attached hydrogen (secondary N) is 4. The highest BCUT2D eigenvalue weighted by Crippen LogP contribution is 2.15. The van der Waals surface area contributed by atoms with Gasteiger partial charge in [-0.1, -0.05) is 25.7 Å². The lowest BCUT2D eigenvalue weighted by Crippen LogP contribution is -2.14. The van der Waals surface area contributed by atoms with Gasteiger partial charge in [0.1, 0.15) is 11.6 Å². The second-order valence-corrected chi connectivity index (χ2v) is 7.43. The number of imidazole rings is 2. The highest BCUT2D eigenvalue weighted by Gasteiger charge is 2.04. The molecule has 4 rings (SSSR count). The predicted octanol–water partition coefficient (Wildman–Crippen LogP) is 4.09. The van der Waals surface area contributed by atoms with Crippen molar-refractivity contribution in [2.45, 2.75) is 39.8 Å². The second kappa shape index (κ2) is 11.7. The van der Waals surface area contributed by atoms with Crippen molar-refractivity contribution in [3.63, 3.8) is 0 Å². The van der Waals surface area contributed by atoms with Crippen LogP contribution in [0.4, 0.5) is 0 Å². The number of nitrogens with zero attached hydrogens (tertiary/aromatic N) is 2. The average molecular weight is 427 g/mol. The summed E-state index contributed by atoms with van der Waals surface area (Å²) >= 11 is 0. The Morgan fingerprint density at radius 2 is 1.19 bits per heavy atom. The molecule has 6 nitrogen and oxygen atoms in total. The Kier molecular flexibility index (Phi) is 8.45. The monoisotopic (exact) mass is 426 g/mol. The number of H-pyrrole nitrogens is 2. The standard InChI is InChI=1S/C24H28N6.C2H2/c1-3-11-25-15-23-27-19-9-7-17(13-21(19)29-23)5-6-18-8-10-20-22(14-18)30-24(28-20)16-26-12-4-2;1-2/h7-10,13-14,25-26H,3-4,11-12,15-16H2,1-2H3,(H,27,29)(H,28,30);1-2H. The molecule has 2 heterocycles. The van der Waals surface area contributed by atoms with Crippen molar-refractivity contribution in [1.29, 1.82) is 0 Å². The molecule has 0 amide bonds. The number of hydrogen-bond donors (Lipinski definition) is 4. The lowest BCUT2D eigenvalue weighted by Gasteiger charge is -1.97. The molecule has 164 valence electrons. The highest BCUT2D eigenvalue weighted by atomic mass is 15.0. The first-order valence-corrected chi connectivity index (χ1v) is 11.0. The minimum atomic E-state index is 0.754. The third-order valence-electron chi connectivity index (χ3n) is 4.85. The lowest BCUT2D eigenvalue weighted by molar-refractivity contribution is 0.656. The fourth-order valence-electron chi connectivity index (χ4n) is 3.36. The van der Waals surface area contributed by atoms with E-state index in [4.69, 9.17) is 0 Å². The Balaban J connectivity index is 0.00000141. The first kappa shape index (κ1) is 23.1. The number of terminal acetylenes is 1. The molecular weight excluding hydrogens is 396 g/mol. The molecule has 0 fully saturated rings. The summed E-state index contributed by atoms with van der Waals surface area (Å²) in [5.74, 6) is 8.45. The summed E-state index contributed by atoms with van der Waals surface area (Å²) in [7, 11) is 0. The molecule has 0 aliphatic heterocycles. The van der Waals surface area contributed by atoms with Crippen molar-refractivity contribution in [3.8, 4) is 24.7 Å². The minimum absolute atomic E-state index is 0.754. The number of fused-ring (bicyclic) bond motifs is 2. The van der Waals surface area contributed by atoms with Gasteiger partial charge in [0.15, 0.2) is 0 Å². The van der Waals surface area contributed by atoms with Crippen LogP contribution in [-0.4, -0.2) is 33.0 Å². The predicted molar refractivity (Wildman–Crippen MR) is 132 cm³/mol. The fraction of sp³-hybridized carbons (Fsp3) is 0.308. The molecule has 4 N–H and O–H groups in total. The van der Waals surface area contributed by atoms with Crippen LogP contribution < -0.4 is 10.6 Å². The maximum atomic E-state index is 4.62. The number of aromatic nitrogens is 4. The quantitative estimate of drug-likeness (QED) is 0.253. The molecule has 6 heteroatoms. The first-order chi connectivity index (χ1) is 15.7. The van der Waals surface area contributed by atoms with Gasteiger partial charge in [0, 0.05) is 11.1 Å². The van der Waals surface area contributed by atoms with Gasteiger partial charge in [0.05, 0.1) is 35.2 Å². The third-order valence-corrected chi connectivity index (χ3v) is 4.85. The van der Waals surface area contributed by atoms with Gasteiger partial charge in [0.25, 0.3) is 0 Å². The molecule has 0 bridgehead atoms. The Hall–Kier alpha value is -3.58. The molecule has 0 radical (unpaired) electrons. The molecule has 0 unspecified atom stereocenters. The number of hydrogen-bond acceptors (Lipinski definition) is 4. The zero-order valence-electron chi connectivity index (χ0n) is 18.8. The topological polar surface area (TPSA) is 81.4 Å². The summed E-state index contributed by atoms with van der Waals surface area (Å²) < 4.78 is 0. The van der Waals surface area contributed by atoms with Crippen molar-refractivity contribution in [1.82, 2.24) is 30.6 Å². The van der Waals surface area contributed by atoms with Gasteiger partial charge >= 0.3 is 0 Å². The van der Waals surface area contributed by atoms with Crippen LogP contribution in [0.25, 0.3) is 22.1 Å². The van der Waals surface area contributed by atoms with Crippen LogP contribution in [0, 0.1) is 24.7 Å². The van der Waals surface area contributed by atoms with E-state index in [1.165, 1.54) is 0 Å². The lowest BCUT2D eigenvalue weighted by atomic mass is 10.1. The van der Waals surface area contributed by atoms with Crippen LogP contribution in [0.15, 0.2) is 36.4 Å². The molecule has 2 aromatic heterocycles. The van der Waals surface area contributed by atoms with E-state index in [1.54, 1.807) is 0 Å². The first-order valence-electron chi connectivity index (χ1n) is 11.0. The number of benzene rings is 2. The van der Waals surface area contributed by atoms with Crippen molar-refractivity contribution < 1.29 is 0 Å². The summed E-state index contributed by atoms with van der Waals surface area (Å²) in [4.78, 5) is 16.0. The van der Waals surface area contributed by atoms with Crippen molar-refractivity contribution in [2.75, 3.05) is 13.1 Å². The van der Waals surface area contributed by atoms with Gasteiger partial charge < -0.3 is 20.6 Å². The zero-order chi connectivity index (χ0) is 22.8. The van der Waals surface area contributed by atoms with E-state index in [0.29, 0.717) is 0 Å². The van der Waals surface area contributed by atoms with E-state index >= 15 is 0 Å². The molecular formula is C26H30N6. The van der Waals surface area contributed by atoms with E-state index in [0.717, 1.165) is 83.9 Å². The van der Waals surface area contributed by atoms with Gasteiger partial charge in [-0.05, 0) is 62.3 Å². The van der Waals surface area contributed by atoms with E-state index in [9.17, 15) is 0 Å². The fourth-order valence-corrected chi connectivity index (χ4v) is 3.36. The van der Waals surface area contributed by atoms with Gasteiger partial charge in [-0.2, -0.15) is 0 Å². The summed E-state index contributed by atoms with van der Waals surface area (Å²) in [6, 6.07) is 12.2. The van der Waals surface area contributed by atoms with Crippen molar-refractivity contribution in [3.05, 3.63) is 59.2 Å². The third kappa shape index (κ3) is 5.98. The molecule has 4 aromatic rings. The van der Waals surface area contributed by atoms with Gasteiger partial charge in [-0.15, -0.1) is 12.8 Å². The van der Waals surface area contributed by atoms with Gasteiger partial charge in [-0.25, -0.2) is 9.97 Å². The second-order valence-electron chi connectivity index (χ2n) is 7.43. The maximum Gasteiger partial charge on any atom is 0.121 e. The molecule has 0 spiro atoms. The van der Waals surface area contributed by atoms with Crippen LogP contribution in [0.5, 0.6) is 0 Å². The van der Waals surface area contributed by atoms with Crippen LogP contribution in [0.3, 0.4) is 0 Å². The average Bonchev–Trinajstić information content (AvgIpc) is 3.41. The van der Waals surface area contributed by atoms with Gasteiger partial charge in [0.2, 0.25) is 0 Å². The van der Waals surface area contributed by atoms with Crippen molar-refractivity contribution in [2.24, 2.45) is 0 Å². The van der Waals surface area contributed by atoms with Crippen LogP contribution in [0.2, 0.25) is 0 Å². The Labute approximate surface area is 189 Å². The number of aromatic amines is 2. The Bertz CT molecular complexity index is 1140. The highest BCUT2D eigenvalue weighted by molar-refractivity contribution is 5.78. The smallest absolute Gasteiger partial charge is 0.121 e. The molecule has 32 heavy (non-hydrogen) atoms. The largest absolute Gasteiger partial charge is 0.341 e. The molecule has 0 aliphatic carbocycles. The Morgan fingerprint density at radius 1 is 0.750 bits per heavy atom. The summed E-state index contributed by atoms with van der Waals surface area (Å²) in [6.07, 6.45) is 10.2. The summed E-state index contributed by atoms with van der Waals surface area (Å²) in [5, 5.41) is 6.74. The molecule has 0 atom stereocenters. The van der Waals surface area contributed by atoms with Crippen LogP contribution >= 0.6 is 0 Å². The van der Waals surface area contributed by atoms with Crippen LogP contribution in [-0.2, 0) is 13.1 Å². The van der Waals surface area contributed by atoms with E-state index in [-0.39, 0.29) is 0 Å². The molecule has 0 aliphatic rings. The normalized spacial score (nSPS) is 10.5. The maximum absolute atomic E-state index is 4.62. The Morgan fingerprint density at radius 3 is 1.59 bits per heavy atom. The van der Waals surface area contributed by atoms with Crippen molar-refractivity contribution >= 4 is 22.1 Å². The van der Waals surface area contributed by atoms with Gasteiger partial charge in [-0.3, -0.25) is 0 Å². The molecule has 2 aromatic carbocycles. The summed E-state index contributed by atoms with van der Waals surface area (Å²) in [5.41, 5.74) is 5.90. The van der Waals surface area contributed by atoms with Crippen LogP contribution in [0.1, 0.15) is 49.5 Å². The summed E-state index contributed by atoms with van der Waals surface area (Å²) in [6.45, 7) is 7.80. The number of rotatable bonds is 8. The van der Waals surface area contributed by atoms with E-state index < -0.39 is 0 Å². The zero-order valence-corrected chi connectivity index (χ0v) is 18.8. The molecule has 0 saturated heterocycles.